The van der Waals surface area contributed by atoms with Crippen LogP contribution >= 0.6 is 23.1 Å². The summed E-state index contributed by atoms with van der Waals surface area (Å²) < 4.78 is 12.5. The first-order valence-corrected chi connectivity index (χ1v) is 12.6. The zero-order valence-electron chi connectivity index (χ0n) is 18.2. The number of thiazole rings is 1. The van der Waals surface area contributed by atoms with Crippen LogP contribution in [0, 0.1) is 0 Å². The summed E-state index contributed by atoms with van der Waals surface area (Å²) in [5, 5.41) is 17.6. The molecule has 0 aliphatic carbocycles. The molecule has 0 amide bonds. The summed E-state index contributed by atoms with van der Waals surface area (Å²) in [6.07, 6.45) is 3.31. The molecule has 6 rings (SSSR count). The molecule has 172 valence electrons. The van der Waals surface area contributed by atoms with Crippen LogP contribution in [0.4, 0.5) is 0 Å². The molecule has 4 aromatic heterocycles. The molecule has 4 heterocycles. The second-order valence-corrected chi connectivity index (χ2v) is 9.45. The Balaban J connectivity index is 1.28. The van der Waals surface area contributed by atoms with E-state index in [4.69, 9.17) is 8.83 Å². The molecule has 0 spiro atoms. The molecule has 8 nitrogen and oxygen atoms in total. The highest BCUT2D eigenvalue weighted by atomic mass is 32.2. The van der Waals surface area contributed by atoms with E-state index in [1.165, 1.54) is 16.4 Å². The van der Waals surface area contributed by atoms with Crippen molar-refractivity contribution in [2.75, 3.05) is 0 Å². The van der Waals surface area contributed by atoms with E-state index >= 15 is 0 Å². The molecule has 0 aliphatic rings. The van der Waals surface area contributed by atoms with Gasteiger partial charge in [0.2, 0.25) is 0 Å². The van der Waals surface area contributed by atoms with Crippen LogP contribution < -0.4 is 5.56 Å². The van der Waals surface area contributed by atoms with Crippen LogP contribution in [-0.4, -0.2) is 25.0 Å². The predicted octanol–water partition coefficient (Wildman–Crippen LogP) is 5.50. The van der Waals surface area contributed by atoms with Crippen molar-refractivity contribution in [2.24, 2.45) is 0 Å². The van der Waals surface area contributed by atoms with Crippen LogP contribution in [0.1, 0.15) is 11.3 Å². The Morgan fingerprint density at radius 3 is 2.63 bits per heavy atom. The lowest BCUT2D eigenvalue weighted by Crippen LogP contribution is -2.24. The highest BCUT2D eigenvalue weighted by Gasteiger charge is 2.18. The summed E-state index contributed by atoms with van der Waals surface area (Å²) in [7, 11) is 0. The third-order valence-electron chi connectivity index (χ3n) is 5.32. The van der Waals surface area contributed by atoms with Crippen LogP contribution in [0.15, 0.2) is 97.4 Å². The number of hydrogen-bond donors (Lipinski definition) is 0. The van der Waals surface area contributed by atoms with Crippen LogP contribution in [0.2, 0.25) is 0 Å². The average Bonchev–Trinajstić information content (AvgIpc) is 3.67. The number of nitrogens with zero attached hydrogens (tertiary/aromatic N) is 5. The molecule has 0 unspecified atom stereocenters. The fourth-order valence-electron chi connectivity index (χ4n) is 3.65. The van der Waals surface area contributed by atoms with Gasteiger partial charge in [-0.25, -0.2) is 9.67 Å². The quantitative estimate of drug-likeness (QED) is 0.265. The first-order valence-electron chi connectivity index (χ1n) is 10.7. The largest absolute Gasteiger partial charge is 0.472 e. The summed E-state index contributed by atoms with van der Waals surface area (Å²) in [4.78, 5) is 17.7. The third kappa shape index (κ3) is 4.41. The van der Waals surface area contributed by atoms with Gasteiger partial charge in [-0.05, 0) is 17.7 Å². The molecule has 0 atom stereocenters. The standard InChI is InChI=1S/C25H17N5O3S2/c31-24-20-9-5-4-8-19(20)21(29-30(24)12-16-6-2-1-3-7-16)22-27-28-25(33-22)35-15-18-14-34-23(26-18)17-10-11-32-13-17/h1-11,13-14H,12,15H2. The van der Waals surface area contributed by atoms with E-state index < -0.39 is 0 Å². The normalized spacial score (nSPS) is 11.3. The fourth-order valence-corrected chi connectivity index (χ4v) is 5.22. The van der Waals surface area contributed by atoms with E-state index in [0.29, 0.717) is 34.0 Å². The number of furan rings is 1. The van der Waals surface area contributed by atoms with E-state index in [9.17, 15) is 4.79 Å². The van der Waals surface area contributed by atoms with Gasteiger partial charge < -0.3 is 8.83 Å². The summed E-state index contributed by atoms with van der Waals surface area (Å²) >= 11 is 2.96. The SMILES string of the molecule is O=c1c2ccccc2c(-c2nnc(SCc3csc(-c4ccoc4)n3)o2)nn1Cc1ccccc1. The minimum absolute atomic E-state index is 0.167. The molecule has 10 heteroatoms. The molecule has 0 bridgehead atoms. The monoisotopic (exact) mass is 499 g/mol. The van der Waals surface area contributed by atoms with Gasteiger partial charge >= 0.3 is 0 Å². The van der Waals surface area contributed by atoms with E-state index in [1.807, 2.05) is 60.0 Å². The number of aromatic nitrogens is 5. The number of fused-ring (bicyclic) bond motifs is 1. The summed E-state index contributed by atoms with van der Waals surface area (Å²) in [6, 6.07) is 18.9. The fraction of sp³-hybridized carbons (Fsp3) is 0.0800. The zero-order valence-corrected chi connectivity index (χ0v) is 19.8. The second kappa shape index (κ2) is 9.32. The maximum absolute atomic E-state index is 13.1. The van der Waals surface area contributed by atoms with Crippen LogP contribution in [0.25, 0.3) is 32.9 Å². The maximum Gasteiger partial charge on any atom is 0.277 e. The van der Waals surface area contributed by atoms with Gasteiger partial charge in [-0.15, -0.1) is 21.5 Å². The number of rotatable bonds is 7. The molecule has 6 aromatic rings. The summed E-state index contributed by atoms with van der Waals surface area (Å²) in [5.41, 5.74) is 3.15. The summed E-state index contributed by atoms with van der Waals surface area (Å²) in [6.45, 7) is 0.343. The van der Waals surface area contributed by atoms with Gasteiger partial charge in [0.15, 0.2) is 5.69 Å². The average molecular weight is 500 g/mol. The highest BCUT2D eigenvalue weighted by molar-refractivity contribution is 7.98. The molecule has 0 fully saturated rings. The molecular formula is C25H17N5O3S2. The first kappa shape index (κ1) is 21.5. The second-order valence-electron chi connectivity index (χ2n) is 7.66. The Morgan fingerprint density at radius 1 is 0.971 bits per heavy atom. The number of hydrogen-bond acceptors (Lipinski definition) is 9. The number of thioether (sulfide) groups is 1. The van der Waals surface area contributed by atoms with Crippen molar-refractivity contribution in [3.8, 4) is 22.2 Å². The molecule has 0 saturated heterocycles. The molecule has 0 aliphatic heterocycles. The molecule has 0 saturated carbocycles. The van der Waals surface area contributed by atoms with Crippen molar-refractivity contribution in [3.05, 3.63) is 100 Å². The minimum atomic E-state index is -0.167. The van der Waals surface area contributed by atoms with E-state index in [1.54, 1.807) is 29.9 Å². The van der Waals surface area contributed by atoms with Gasteiger partial charge in [-0.3, -0.25) is 4.79 Å². The molecule has 2 aromatic carbocycles. The maximum atomic E-state index is 13.1. The van der Waals surface area contributed by atoms with Crippen molar-refractivity contribution in [1.82, 2.24) is 25.0 Å². The Kier molecular flexibility index (Phi) is 5.73. The third-order valence-corrected chi connectivity index (χ3v) is 7.11. The summed E-state index contributed by atoms with van der Waals surface area (Å²) in [5.74, 6) is 0.848. The Bertz CT molecular complexity index is 1660. The highest BCUT2D eigenvalue weighted by Crippen LogP contribution is 2.30. The lowest BCUT2D eigenvalue weighted by atomic mass is 10.1. The van der Waals surface area contributed by atoms with Crippen LogP contribution in [-0.2, 0) is 12.3 Å². The molecular weight excluding hydrogens is 482 g/mol. The van der Waals surface area contributed by atoms with E-state index in [2.05, 4.69) is 20.3 Å². The lowest BCUT2D eigenvalue weighted by molar-refractivity contribution is 0.462. The molecule has 35 heavy (non-hydrogen) atoms. The topological polar surface area (TPSA) is 99.8 Å². The Labute approximate surface area is 207 Å². The van der Waals surface area contributed by atoms with Crippen LogP contribution in [0.5, 0.6) is 0 Å². The number of benzene rings is 2. The van der Waals surface area contributed by atoms with Gasteiger partial charge in [0, 0.05) is 22.1 Å². The van der Waals surface area contributed by atoms with Gasteiger partial charge in [-0.2, -0.15) is 5.10 Å². The minimum Gasteiger partial charge on any atom is -0.472 e. The van der Waals surface area contributed by atoms with Gasteiger partial charge in [0.05, 0.1) is 23.9 Å². The van der Waals surface area contributed by atoms with Gasteiger partial charge in [0.25, 0.3) is 16.7 Å². The Hall–Kier alpha value is -4.02. The van der Waals surface area contributed by atoms with Gasteiger partial charge in [0.1, 0.15) is 11.3 Å². The van der Waals surface area contributed by atoms with Gasteiger partial charge in [-0.1, -0.05) is 60.3 Å². The lowest BCUT2D eigenvalue weighted by Gasteiger charge is -2.09. The van der Waals surface area contributed by atoms with Crippen molar-refractivity contribution < 1.29 is 8.83 Å². The van der Waals surface area contributed by atoms with Crippen LogP contribution in [0.3, 0.4) is 0 Å². The Morgan fingerprint density at radius 2 is 1.80 bits per heavy atom. The first-order chi connectivity index (χ1) is 17.2. The van der Waals surface area contributed by atoms with E-state index in [0.717, 1.165) is 21.8 Å². The van der Waals surface area contributed by atoms with Crippen molar-refractivity contribution in [3.63, 3.8) is 0 Å². The molecule has 0 N–H and O–H groups in total. The van der Waals surface area contributed by atoms with Crippen molar-refractivity contribution in [2.45, 2.75) is 17.5 Å². The molecule has 0 radical (unpaired) electrons. The van der Waals surface area contributed by atoms with Crippen molar-refractivity contribution in [1.29, 1.82) is 0 Å². The predicted molar refractivity (Wildman–Crippen MR) is 134 cm³/mol. The van der Waals surface area contributed by atoms with E-state index in [-0.39, 0.29) is 11.4 Å². The zero-order chi connectivity index (χ0) is 23.6. The van der Waals surface area contributed by atoms with Crippen molar-refractivity contribution >= 4 is 33.9 Å². The smallest absolute Gasteiger partial charge is 0.277 e.